The van der Waals surface area contributed by atoms with Gasteiger partial charge in [0.25, 0.3) is 0 Å². The molecule has 0 fully saturated rings. The molecule has 132 valence electrons. The molecule has 1 N–H and O–H groups in total. The average Bonchev–Trinajstić information content (AvgIpc) is 3.22. The van der Waals surface area contributed by atoms with Crippen LogP contribution in [0.4, 0.5) is 5.13 Å². The van der Waals surface area contributed by atoms with Crippen molar-refractivity contribution in [3.8, 4) is 11.4 Å². The van der Waals surface area contributed by atoms with E-state index in [4.69, 9.17) is 4.52 Å². The topological polar surface area (TPSA) is 89.6 Å². The number of anilines is 1. The summed E-state index contributed by atoms with van der Waals surface area (Å²) in [5, 5.41) is 8.24. The van der Waals surface area contributed by atoms with Gasteiger partial charge in [0.15, 0.2) is 0 Å². The molecule has 3 rings (SSSR count). The van der Waals surface area contributed by atoms with Crippen molar-refractivity contribution in [1.29, 1.82) is 0 Å². The summed E-state index contributed by atoms with van der Waals surface area (Å²) < 4.78 is 9.90. The summed E-state index contributed by atoms with van der Waals surface area (Å²) in [6.07, 6.45) is 4.30. The van der Waals surface area contributed by atoms with E-state index in [1.807, 2.05) is 12.1 Å². The highest BCUT2D eigenvalue weighted by molar-refractivity contribution is 7.09. The highest BCUT2D eigenvalue weighted by Gasteiger charge is 2.24. The van der Waals surface area contributed by atoms with Crippen LogP contribution in [0.5, 0.6) is 0 Å². The van der Waals surface area contributed by atoms with Crippen LogP contribution in [-0.2, 0) is 6.42 Å². The van der Waals surface area contributed by atoms with Crippen LogP contribution < -0.4 is 5.32 Å². The van der Waals surface area contributed by atoms with E-state index in [1.54, 1.807) is 12.4 Å². The summed E-state index contributed by atoms with van der Waals surface area (Å²) in [6.45, 7) is 8.51. The molecule has 0 saturated carbocycles. The maximum Gasteiger partial charge on any atom is 0.249 e. The molecule has 3 aromatic heterocycles. The lowest BCUT2D eigenvalue weighted by atomic mass is 10.0. The van der Waals surface area contributed by atoms with Gasteiger partial charge >= 0.3 is 0 Å². The van der Waals surface area contributed by atoms with E-state index in [1.165, 1.54) is 11.5 Å². The Hall–Kier alpha value is -2.35. The predicted octanol–water partition coefficient (Wildman–Crippen LogP) is 3.99. The molecule has 0 aliphatic rings. The molecular formula is C17H22N6OS. The van der Waals surface area contributed by atoms with Gasteiger partial charge in [-0.25, -0.2) is 4.98 Å². The lowest BCUT2D eigenvalue weighted by molar-refractivity contribution is 0.336. The molecule has 0 radical (unpaired) electrons. The molecule has 0 saturated heterocycles. The summed E-state index contributed by atoms with van der Waals surface area (Å²) in [5.74, 6) is 2.72. The lowest BCUT2D eigenvalue weighted by Gasteiger charge is -2.17. The number of pyridine rings is 1. The van der Waals surface area contributed by atoms with Crippen LogP contribution in [0.3, 0.4) is 0 Å². The second kappa shape index (κ2) is 7.69. The van der Waals surface area contributed by atoms with E-state index in [-0.39, 0.29) is 12.0 Å². The van der Waals surface area contributed by atoms with Gasteiger partial charge in [-0.3, -0.25) is 4.98 Å². The Labute approximate surface area is 151 Å². The SMILES string of the molecule is CC(C)Cc1nsc(NC(c2nc(-c3cccnc3)no2)C(C)C)n1. The first-order valence-electron chi connectivity index (χ1n) is 8.36. The van der Waals surface area contributed by atoms with E-state index in [0.29, 0.717) is 17.6 Å². The normalized spacial score (nSPS) is 12.7. The fraction of sp³-hybridized carbons (Fsp3) is 0.471. The van der Waals surface area contributed by atoms with Crippen molar-refractivity contribution in [3.05, 3.63) is 36.2 Å². The van der Waals surface area contributed by atoms with Crippen molar-refractivity contribution in [1.82, 2.24) is 24.5 Å². The second-order valence-corrected chi connectivity index (χ2v) is 7.43. The number of nitrogens with zero attached hydrogens (tertiary/aromatic N) is 5. The number of hydrogen-bond donors (Lipinski definition) is 1. The first-order valence-corrected chi connectivity index (χ1v) is 9.13. The van der Waals surface area contributed by atoms with E-state index in [2.05, 4.69) is 57.5 Å². The molecule has 0 spiro atoms. The first-order chi connectivity index (χ1) is 12.0. The molecule has 25 heavy (non-hydrogen) atoms. The van der Waals surface area contributed by atoms with Gasteiger partial charge in [-0.05, 0) is 24.0 Å². The molecule has 0 amide bonds. The highest BCUT2D eigenvalue weighted by Crippen LogP contribution is 2.28. The van der Waals surface area contributed by atoms with Crippen molar-refractivity contribution in [3.63, 3.8) is 0 Å². The third kappa shape index (κ3) is 4.39. The van der Waals surface area contributed by atoms with Crippen molar-refractivity contribution in [2.24, 2.45) is 11.8 Å². The van der Waals surface area contributed by atoms with Crippen LogP contribution in [0.1, 0.15) is 45.5 Å². The summed E-state index contributed by atoms with van der Waals surface area (Å²) in [5.41, 5.74) is 0.829. The molecule has 0 aliphatic heterocycles. The zero-order valence-electron chi connectivity index (χ0n) is 14.8. The summed E-state index contributed by atoms with van der Waals surface area (Å²) >= 11 is 1.36. The Bertz CT molecular complexity index is 798. The van der Waals surface area contributed by atoms with Crippen LogP contribution in [0.2, 0.25) is 0 Å². The second-order valence-electron chi connectivity index (χ2n) is 6.68. The van der Waals surface area contributed by atoms with Gasteiger partial charge in [-0.15, -0.1) is 0 Å². The summed E-state index contributed by atoms with van der Waals surface area (Å²) in [4.78, 5) is 13.2. The van der Waals surface area contributed by atoms with Gasteiger partial charge in [-0.2, -0.15) is 9.36 Å². The largest absolute Gasteiger partial charge is 0.348 e. The lowest BCUT2D eigenvalue weighted by Crippen LogP contribution is -2.17. The average molecular weight is 358 g/mol. The molecule has 7 nitrogen and oxygen atoms in total. The smallest absolute Gasteiger partial charge is 0.249 e. The zero-order chi connectivity index (χ0) is 17.8. The highest BCUT2D eigenvalue weighted by atomic mass is 32.1. The minimum atomic E-state index is -0.127. The molecule has 3 aromatic rings. The third-order valence-corrected chi connectivity index (χ3v) is 4.32. The maximum atomic E-state index is 5.49. The Morgan fingerprint density at radius 3 is 2.72 bits per heavy atom. The van der Waals surface area contributed by atoms with Gasteiger partial charge in [0, 0.05) is 35.9 Å². The maximum absolute atomic E-state index is 5.49. The van der Waals surface area contributed by atoms with Gasteiger partial charge in [0.2, 0.25) is 16.8 Å². The number of nitrogens with one attached hydrogen (secondary N) is 1. The molecule has 8 heteroatoms. The van der Waals surface area contributed by atoms with Crippen molar-refractivity contribution < 1.29 is 4.52 Å². The summed E-state index contributed by atoms with van der Waals surface area (Å²) in [6, 6.07) is 3.63. The number of rotatable bonds is 7. The molecule has 0 aromatic carbocycles. The predicted molar refractivity (Wildman–Crippen MR) is 97.2 cm³/mol. The Morgan fingerprint density at radius 1 is 1.20 bits per heavy atom. The Morgan fingerprint density at radius 2 is 2.04 bits per heavy atom. The van der Waals surface area contributed by atoms with E-state index in [9.17, 15) is 0 Å². The van der Waals surface area contributed by atoms with Gasteiger partial charge in [0.05, 0.1) is 0 Å². The van der Waals surface area contributed by atoms with Crippen LogP contribution in [-0.4, -0.2) is 24.5 Å². The van der Waals surface area contributed by atoms with Crippen LogP contribution in [0.15, 0.2) is 29.0 Å². The van der Waals surface area contributed by atoms with Gasteiger partial charge in [0.1, 0.15) is 11.9 Å². The van der Waals surface area contributed by atoms with Gasteiger partial charge in [-0.1, -0.05) is 32.9 Å². The zero-order valence-corrected chi connectivity index (χ0v) is 15.6. The first kappa shape index (κ1) is 17.5. The van der Waals surface area contributed by atoms with Crippen LogP contribution in [0, 0.1) is 11.8 Å². The Balaban J connectivity index is 1.78. The fourth-order valence-electron chi connectivity index (χ4n) is 2.38. The van der Waals surface area contributed by atoms with Crippen molar-refractivity contribution in [2.45, 2.75) is 40.2 Å². The van der Waals surface area contributed by atoms with Gasteiger partial charge < -0.3 is 9.84 Å². The minimum absolute atomic E-state index is 0.127. The van der Waals surface area contributed by atoms with E-state index < -0.39 is 0 Å². The van der Waals surface area contributed by atoms with Crippen LogP contribution in [0.25, 0.3) is 11.4 Å². The molecule has 3 heterocycles. The molecule has 0 aliphatic carbocycles. The third-order valence-electron chi connectivity index (χ3n) is 3.63. The molecule has 1 atom stereocenters. The number of hydrogen-bond acceptors (Lipinski definition) is 8. The standard InChI is InChI=1S/C17H22N6OS/c1-10(2)8-13-19-17(25-23-13)20-14(11(3)4)16-21-15(22-24-16)12-6-5-7-18-9-12/h5-7,9-11,14H,8H2,1-4H3,(H,19,20,23). The van der Waals surface area contributed by atoms with Crippen molar-refractivity contribution in [2.75, 3.05) is 5.32 Å². The van der Waals surface area contributed by atoms with Crippen LogP contribution >= 0.6 is 11.5 Å². The summed E-state index contributed by atoms with van der Waals surface area (Å²) in [7, 11) is 0. The minimum Gasteiger partial charge on any atom is -0.348 e. The monoisotopic (exact) mass is 358 g/mol. The fourth-order valence-corrected chi connectivity index (χ4v) is 3.01. The number of aromatic nitrogens is 5. The van der Waals surface area contributed by atoms with Crippen molar-refractivity contribution >= 4 is 16.7 Å². The quantitative estimate of drug-likeness (QED) is 0.683. The van der Waals surface area contributed by atoms with E-state index >= 15 is 0 Å². The van der Waals surface area contributed by atoms with E-state index in [0.717, 1.165) is 22.9 Å². The molecule has 0 bridgehead atoms. The molecular weight excluding hydrogens is 336 g/mol. The Kier molecular flexibility index (Phi) is 5.37. The molecule has 1 unspecified atom stereocenters.